The van der Waals surface area contributed by atoms with E-state index < -0.39 is 0 Å². The fourth-order valence-electron chi connectivity index (χ4n) is 1.77. The molecule has 0 heterocycles. The summed E-state index contributed by atoms with van der Waals surface area (Å²) < 4.78 is 0.952. The number of carbonyl (C=O) groups excluding carboxylic acids is 1. The molecule has 0 radical (unpaired) electrons. The summed E-state index contributed by atoms with van der Waals surface area (Å²) in [5.41, 5.74) is 1.90. The number of carbonyl (C=O) groups is 1. The lowest BCUT2D eigenvalue weighted by Crippen LogP contribution is -2.03. The topological polar surface area (TPSA) is 17.1 Å². The Bertz CT molecular complexity index is 525. The van der Waals surface area contributed by atoms with Crippen LogP contribution in [0.4, 0.5) is 0 Å². The molecule has 2 aromatic carbocycles. The van der Waals surface area contributed by atoms with E-state index >= 15 is 0 Å². The van der Waals surface area contributed by atoms with Crippen LogP contribution in [-0.2, 0) is 4.79 Å². The van der Waals surface area contributed by atoms with Crippen molar-refractivity contribution in [3.8, 4) is 0 Å². The molecule has 1 nitrogen and oxygen atoms in total. The summed E-state index contributed by atoms with van der Waals surface area (Å²) in [5, 5.41) is 0. The van der Waals surface area contributed by atoms with Gasteiger partial charge in [-0.15, -0.1) is 12.6 Å². The molecule has 0 saturated carbocycles. The van der Waals surface area contributed by atoms with Crippen LogP contribution in [-0.4, -0.2) is 6.29 Å². The Hall–Kier alpha value is -1.06. The average molecular weight is 307 g/mol. The summed E-state index contributed by atoms with van der Waals surface area (Å²) >= 11 is 7.83. The SMILES string of the molecule is O=CC(c1ccccc1)c1cc(Br)ccc1S. The minimum Gasteiger partial charge on any atom is -0.302 e. The van der Waals surface area contributed by atoms with Crippen LogP contribution < -0.4 is 0 Å². The van der Waals surface area contributed by atoms with Gasteiger partial charge in [-0.2, -0.15) is 0 Å². The first-order chi connectivity index (χ1) is 8.22. The lowest BCUT2D eigenvalue weighted by molar-refractivity contribution is -0.108. The summed E-state index contributed by atoms with van der Waals surface area (Å²) in [6, 6.07) is 15.5. The second kappa shape index (κ2) is 5.52. The van der Waals surface area contributed by atoms with Crippen LogP contribution in [0.15, 0.2) is 57.9 Å². The Balaban J connectivity index is 2.49. The highest BCUT2D eigenvalue weighted by Crippen LogP contribution is 2.30. The van der Waals surface area contributed by atoms with E-state index in [0.717, 1.165) is 26.8 Å². The van der Waals surface area contributed by atoms with Crippen LogP contribution in [0.2, 0.25) is 0 Å². The molecule has 0 amide bonds. The van der Waals surface area contributed by atoms with Gasteiger partial charge in [0, 0.05) is 9.37 Å². The lowest BCUT2D eigenvalue weighted by Gasteiger charge is -2.13. The third-order valence-electron chi connectivity index (χ3n) is 2.62. The van der Waals surface area contributed by atoms with E-state index in [0.29, 0.717) is 0 Å². The fraction of sp³-hybridized carbons (Fsp3) is 0.0714. The first-order valence-corrected chi connectivity index (χ1v) is 6.45. The van der Waals surface area contributed by atoms with Crippen molar-refractivity contribution in [2.24, 2.45) is 0 Å². The highest BCUT2D eigenvalue weighted by molar-refractivity contribution is 9.10. The minimum atomic E-state index is -0.263. The number of hydrogen-bond acceptors (Lipinski definition) is 2. The van der Waals surface area contributed by atoms with Crippen LogP contribution in [0.3, 0.4) is 0 Å². The third kappa shape index (κ3) is 2.79. The number of hydrogen-bond donors (Lipinski definition) is 1. The van der Waals surface area contributed by atoms with Crippen molar-refractivity contribution in [1.29, 1.82) is 0 Å². The van der Waals surface area contributed by atoms with E-state index in [1.54, 1.807) is 0 Å². The summed E-state index contributed by atoms with van der Waals surface area (Å²) in [5.74, 6) is -0.263. The van der Waals surface area contributed by atoms with Crippen molar-refractivity contribution >= 4 is 34.8 Å². The number of benzene rings is 2. The Morgan fingerprint density at radius 2 is 1.82 bits per heavy atom. The number of halogens is 1. The maximum atomic E-state index is 11.3. The molecule has 0 aromatic heterocycles. The van der Waals surface area contributed by atoms with Gasteiger partial charge < -0.3 is 4.79 Å². The first kappa shape index (κ1) is 12.4. The molecule has 0 fully saturated rings. The van der Waals surface area contributed by atoms with Crippen LogP contribution in [0.5, 0.6) is 0 Å². The molecule has 0 bridgehead atoms. The van der Waals surface area contributed by atoms with Crippen LogP contribution >= 0.6 is 28.6 Å². The molecule has 1 atom stereocenters. The second-order valence-corrected chi connectivity index (χ2v) is 5.13. The van der Waals surface area contributed by atoms with Gasteiger partial charge in [-0.3, -0.25) is 0 Å². The highest BCUT2D eigenvalue weighted by Gasteiger charge is 2.15. The van der Waals surface area contributed by atoms with Crippen LogP contribution in [0.1, 0.15) is 17.0 Å². The molecule has 3 heteroatoms. The Morgan fingerprint density at radius 3 is 2.47 bits per heavy atom. The van der Waals surface area contributed by atoms with Gasteiger partial charge in [0.1, 0.15) is 6.29 Å². The van der Waals surface area contributed by atoms with Gasteiger partial charge in [0.25, 0.3) is 0 Å². The zero-order chi connectivity index (χ0) is 12.3. The average Bonchev–Trinajstić information content (AvgIpc) is 2.36. The van der Waals surface area contributed by atoms with Gasteiger partial charge in [0.05, 0.1) is 5.92 Å². The summed E-state index contributed by atoms with van der Waals surface area (Å²) in [6.45, 7) is 0. The van der Waals surface area contributed by atoms with Crippen molar-refractivity contribution in [3.05, 3.63) is 64.1 Å². The van der Waals surface area contributed by atoms with E-state index in [-0.39, 0.29) is 5.92 Å². The largest absolute Gasteiger partial charge is 0.302 e. The number of rotatable bonds is 3. The summed E-state index contributed by atoms with van der Waals surface area (Å²) in [7, 11) is 0. The van der Waals surface area contributed by atoms with Crippen molar-refractivity contribution < 1.29 is 4.79 Å². The third-order valence-corrected chi connectivity index (χ3v) is 3.52. The maximum Gasteiger partial charge on any atom is 0.131 e. The predicted octanol–water partition coefficient (Wildman–Crippen LogP) is 4.07. The van der Waals surface area contributed by atoms with Crippen LogP contribution in [0, 0.1) is 0 Å². The molecule has 0 aliphatic heterocycles. The van der Waals surface area contributed by atoms with Crippen molar-refractivity contribution in [2.45, 2.75) is 10.8 Å². The summed E-state index contributed by atoms with van der Waals surface area (Å²) in [6.07, 6.45) is 0.955. The van der Waals surface area contributed by atoms with Gasteiger partial charge >= 0.3 is 0 Å². The van der Waals surface area contributed by atoms with E-state index in [4.69, 9.17) is 0 Å². The van der Waals surface area contributed by atoms with Gasteiger partial charge in [-0.25, -0.2) is 0 Å². The quantitative estimate of drug-likeness (QED) is 0.668. The number of thiol groups is 1. The molecular formula is C14H11BrOS. The molecular weight excluding hydrogens is 296 g/mol. The number of aldehydes is 1. The van der Waals surface area contributed by atoms with Crippen molar-refractivity contribution in [3.63, 3.8) is 0 Å². The highest BCUT2D eigenvalue weighted by atomic mass is 79.9. The van der Waals surface area contributed by atoms with E-state index in [9.17, 15) is 4.79 Å². The Morgan fingerprint density at radius 1 is 1.12 bits per heavy atom. The first-order valence-electron chi connectivity index (χ1n) is 5.21. The van der Waals surface area contributed by atoms with E-state index in [2.05, 4.69) is 28.6 Å². The summed E-state index contributed by atoms with van der Waals surface area (Å²) in [4.78, 5) is 12.1. The van der Waals surface area contributed by atoms with Crippen molar-refractivity contribution in [1.82, 2.24) is 0 Å². The second-order valence-electron chi connectivity index (χ2n) is 3.73. The molecule has 0 saturated heterocycles. The molecule has 0 N–H and O–H groups in total. The van der Waals surface area contributed by atoms with Gasteiger partial charge in [-0.05, 0) is 29.3 Å². The standard InChI is InChI=1S/C14H11BrOS/c15-11-6-7-14(17)12(8-11)13(9-16)10-4-2-1-3-5-10/h1-9,13,17H. The Labute approximate surface area is 114 Å². The Kier molecular flexibility index (Phi) is 4.02. The molecule has 17 heavy (non-hydrogen) atoms. The monoisotopic (exact) mass is 306 g/mol. The van der Waals surface area contributed by atoms with Gasteiger partial charge in [0.2, 0.25) is 0 Å². The maximum absolute atomic E-state index is 11.3. The molecule has 2 rings (SSSR count). The fourth-order valence-corrected chi connectivity index (χ4v) is 2.42. The molecule has 0 aliphatic carbocycles. The molecule has 86 valence electrons. The molecule has 0 spiro atoms. The normalized spacial score (nSPS) is 12.1. The van der Waals surface area contributed by atoms with E-state index in [1.165, 1.54) is 0 Å². The van der Waals surface area contributed by atoms with Gasteiger partial charge in [-0.1, -0.05) is 46.3 Å². The van der Waals surface area contributed by atoms with Crippen LogP contribution in [0.25, 0.3) is 0 Å². The molecule has 2 aromatic rings. The van der Waals surface area contributed by atoms with E-state index in [1.807, 2.05) is 48.5 Å². The molecule has 1 unspecified atom stereocenters. The zero-order valence-electron chi connectivity index (χ0n) is 9.01. The predicted molar refractivity (Wildman–Crippen MR) is 75.7 cm³/mol. The zero-order valence-corrected chi connectivity index (χ0v) is 11.5. The van der Waals surface area contributed by atoms with Gasteiger partial charge in [0.15, 0.2) is 0 Å². The molecule has 0 aliphatic rings. The van der Waals surface area contributed by atoms with Crippen molar-refractivity contribution in [2.75, 3.05) is 0 Å². The lowest BCUT2D eigenvalue weighted by atomic mass is 9.93. The minimum absolute atomic E-state index is 0.263. The smallest absolute Gasteiger partial charge is 0.131 e.